The third kappa shape index (κ3) is 3.31. The van der Waals surface area contributed by atoms with Gasteiger partial charge >= 0.3 is 5.97 Å². The van der Waals surface area contributed by atoms with Gasteiger partial charge in [0.2, 0.25) is 0 Å². The number of aryl methyl sites for hydroxylation is 1. The molecule has 0 saturated carbocycles. The van der Waals surface area contributed by atoms with Crippen molar-refractivity contribution in [2.45, 2.75) is 53.5 Å². The van der Waals surface area contributed by atoms with Crippen molar-refractivity contribution in [1.82, 2.24) is 14.8 Å². The Balaban J connectivity index is 3.04. The van der Waals surface area contributed by atoms with E-state index in [1.807, 2.05) is 25.3 Å². The van der Waals surface area contributed by atoms with E-state index in [2.05, 4.69) is 24.0 Å². The van der Waals surface area contributed by atoms with Crippen molar-refractivity contribution in [2.24, 2.45) is 5.92 Å². The van der Waals surface area contributed by atoms with Gasteiger partial charge < -0.3 is 9.30 Å². The van der Waals surface area contributed by atoms with Gasteiger partial charge in [-0.15, -0.1) is 10.2 Å². The van der Waals surface area contributed by atoms with E-state index in [0.29, 0.717) is 12.5 Å². The molecule has 0 radical (unpaired) electrons. The van der Waals surface area contributed by atoms with Gasteiger partial charge in [-0.1, -0.05) is 13.8 Å². The first-order valence-corrected chi connectivity index (χ1v) is 6.57. The lowest BCUT2D eigenvalue weighted by Crippen LogP contribution is -2.22. The third-order valence-electron chi connectivity index (χ3n) is 2.87. The van der Waals surface area contributed by atoms with Gasteiger partial charge in [0.1, 0.15) is 17.6 Å². The molecule has 1 atom stereocenters. The Morgan fingerprint density at radius 2 is 2.00 bits per heavy atom. The van der Waals surface area contributed by atoms with Gasteiger partial charge in [0.15, 0.2) is 0 Å². The minimum absolute atomic E-state index is 0.201. The minimum Gasteiger partial charge on any atom is -0.465 e. The second-order valence-corrected chi connectivity index (χ2v) is 4.78. The Morgan fingerprint density at radius 3 is 2.50 bits per heavy atom. The number of hydrogen-bond acceptors (Lipinski definition) is 4. The zero-order valence-corrected chi connectivity index (χ0v) is 11.9. The molecule has 0 aliphatic heterocycles. The van der Waals surface area contributed by atoms with Crippen LogP contribution in [0.3, 0.4) is 0 Å². The fourth-order valence-electron chi connectivity index (χ4n) is 2.07. The van der Waals surface area contributed by atoms with Gasteiger partial charge in [-0.05, 0) is 33.1 Å². The topological polar surface area (TPSA) is 57.0 Å². The van der Waals surface area contributed by atoms with Gasteiger partial charge in [0.05, 0.1) is 6.61 Å². The highest BCUT2D eigenvalue weighted by Gasteiger charge is 2.28. The molecule has 1 heterocycles. The highest BCUT2D eigenvalue weighted by atomic mass is 16.5. The number of carbonyl (C=O) groups is 1. The number of rotatable bonds is 6. The molecule has 0 spiro atoms. The van der Waals surface area contributed by atoms with E-state index in [0.717, 1.165) is 24.6 Å². The number of hydrogen-bond donors (Lipinski definition) is 0. The number of carbonyl (C=O) groups excluding carboxylic acids is 1. The van der Waals surface area contributed by atoms with Crippen LogP contribution >= 0.6 is 0 Å². The summed E-state index contributed by atoms with van der Waals surface area (Å²) in [4.78, 5) is 12.1. The highest BCUT2D eigenvalue weighted by Crippen LogP contribution is 2.24. The average Bonchev–Trinajstić information content (AvgIpc) is 2.67. The maximum Gasteiger partial charge on any atom is 0.316 e. The molecule has 5 heteroatoms. The Bertz CT molecular complexity index is 399. The standard InChI is InChI=1S/C13H23N3O2/c1-6-16-10(5)14-15-12(16)11(8-9(3)4)13(17)18-7-2/h9,11H,6-8H2,1-5H3. The average molecular weight is 253 g/mol. The maximum absolute atomic E-state index is 12.1. The first-order chi connectivity index (χ1) is 8.51. The monoisotopic (exact) mass is 253 g/mol. The highest BCUT2D eigenvalue weighted by molar-refractivity contribution is 5.77. The van der Waals surface area contributed by atoms with Crippen LogP contribution < -0.4 is 0 Å². The Morgan fingerprint density at radius 1 is 1.33 bits per heavy atom. The van der Waals surface area contributed by atoms with Crippen LogP contribution in [-0.4, -0.2) is 27.3 Å². The van der Waals surface area contributed by atoms with Crippen LogP contribution in [0.4, 0.5) is 0 Å². The summed E-state index contributed by atoms with van der Waals surface area (Å²) in [6, 6.07) is 0. The molecular weight excluding hydrogens is 230 g/mol. The molecule has 0 N–H and O–H groups in total. The number of nitrogens with zero attached hydrogens (tertiary/aromatic N) is 3. The molecule has 0 aliphatic carbocycles. The number of ether oxygens (including phenoxy) is 1. The molecule has 0 bridgehead atoms. The fraction of sp³-hybridized carbons (Fsp3) is 0.769. The van der Waals surface area contributed by atoms with Gasteiger partial charge in [-0.25, -0.2) is 0 Å². The predicted molar refractivity (Wildman–Crippen MR) is 69.3 cm³/mol. The molecule has 1 aromatic heterocycles. The van der Waals surface area contributed by atoms with Gasteiger partial charge in [0.25, 0.3) is 0 Å². The summed E-state index contributed by atoms with van der Waals surface area (Å²) in [5, 5.41) is 8.22. The molecule has 1 unspecified atom stereocenters. The predicted octanol–water partition coefficient (Wildman–Crippen LogP) is 2.30. The summed E-state index contributed by atoms with van der Waals surface area (Å²) in [5.74, 6) is 1.45. The third-order valence-corrected chi connectivity index (χ3v) is 2.87. The fourth-order valence-corrected chi connectivity index (χ4v) is 2.07. The molecule has 0 saturated heterocycles. The first kappa shape index (κ1) is 14.7. The van der Waals surface area contributed by atoms with Crippen molar-refractivity contribution in [2.75, 3.05) is 6.61 Å². The minimum atomic E-state index is -0.314. The van der Waals surface area contributed by atoms with Crippen molar-refractivity contribution in [3.05, 3.63) is 11.6 Å². The van der Waals surface area contributed by atoms with Crippen molar-refractivity contribution >= 4 is 5.97 Å². The van der Waals surface area contributed by atoms with Crippen molar-refractivity contribution in [3.63, 3.8) is 0 Å². The molecule has 1 aromatic rings. The molecule has 5 nitrogen and oxygen atoms in total. The Hall–Kier alpha value is -1.39. The molecule has 0 amide bonds. The smallest absolute Gasteiger partial charge is 0.316 e. The molecule has 0 aromatic carbocycles. The van der Waals surface area contributed by atoms with Crippen LogP contribution in [0.5, 0.6) is 0 Å². The number of aromatic nitrogens is 3. The normalized spacial score (nSPS) is 12.8. The molecule has 1 rings (SSSR count). The van der Waals surface area contributed by atoms with E-state index in [1.54, 1.807) is 0 Å². The lowest BCUT2D eigenvalue weighted by atomic mass is 9.96. The van der Waals surface area contributed by atoms with Crippen LogP contribution in [0.2, 0.25) is 0 Å². The lowest BCUT2D eigenvalue weighted by Gasteiger charge is -2.17. The molecule has 102 valence electrons. The first-order valence-electron chi connectivity index (χ1n) is 6.57. The van der Waals surface area contributed by atoms with Crippen LogP contribution in [0.15, 0.2) is 0 Å². The summed E-state index contributed by atoms with van der Waals surface area (Å²) < 4.78 is 7.12. The van der Waals surface area contributed by atoms with E-state index in [-0.39, 0.29) is 11.9 Å². The maximum atomic E-state index is 12.1. The summed E-state index contributed by atoms with van der Waals surface area (Å²) in [6.45, 7) is 11.1. The van der Waals surface area contributed by atoms with Gasteiger partial charge in [-0.3, -0.25) is 4.79 Å². The Labute approximate surface area is 109 Å². The van der Waals surface area contributed by atoms with Crippen molar-refractivity contribution in [1.29, 1.82) is 0 Å². The number of esters is 1. The second-order valence-electron chi connectivity index (χ2n) is 4.78. The van der Waals surface area contributed by atoms with Crippen LogP contribution in [0, 0.1) is 12.8 Å². The molecule has 18 heavy (non-hydrogen) atoms. The SMILES string of the molecule is CCOC(=O)C(CC(C)C)c1nnc(C)n1CC. The van der Waals surface area contributed by atoms with Crippen LogP contribution in [0.1, 0.15) is 51.7 Å². The molecular formula is C13H23N3O2. The van der Waals surface area contributed by atoms with E-state index < -0.39 is 0 Å². The van der Waals surface area contributed by atoms with E-state index in [1.165, 1.54) is 0 Å². The largest absolute Gasteiger partial charge is 0.465 e. The Kier molecular flexibility index (Phi) is 5.31. The van der Waals surface area contributed by atoms with Gasteiger partial charge in [0, 0.05) is 6.54 Å². The summed E-state index contributed by atoms with van der Waals surface area (Å²) >= 11 is 0. The van der Waals surface area contributed by atoms with Crippen LogP contribution in [-0.2, 0) is 16.1 Å². The van der Waals surface area contributed by atoms with Gasteiger partial charge in [-0.2, -0.15) is 0 Å². The van der Waals surface area contributed by atoms with Crippen molar-refractivity contribution in [3.8, 4) is 0 Å². The van der Waals surface area contributed by atoms with E-state index in [9.17, 15) is 4.79 Å². The summed E-state index contributed by atoms with van der Waals surface area (Å²) in [6.07, 6.45) is 0.733. The lowest BCUT2D eigenvalue weighted by molar-refractivity contribution is -0.145. The molecule has 0 aliphatic rings. The molecule has 0 fully saturated rings. The summed E-state index contributed by atoms with van der Waals surface area (Å²) in [5.41, 5.74) is 0. The summed E-state index contributed by atoms with van der Waals surface area (Å²) in [7, 11) is 0. The quantitative estimate of drug-likeness (QED) is 0.730. The zero-order chi connectivity index (χ0) is 13.7. The van der Waals surface area contributed by atoms with Crippen LogP contribution in [0.25, 0.3) is 0 Å². The van der Waals surface area contributed by atoms with E-state index in [4.69, 9.17) is 4.74 Å². The second kappa shape index (κ2) is 6.52. The van der Waals surface area contributed by atoms with Crippen molar-refractivity contribution < 1.29 is 9.53 Å². The zero-order valence-electron chi connectivity index (χ0n) is 11.9. The van der Waals surface area contributed by atoms with E-state index >= 15 is 0 Å².